The summed E-state index contributed by atoms with van der Waals surface area (Å²) < 4.78 is 0. The number of nitrogens with one attached hydrogen (secondary N) is 2. The smallest absolute Gasteiger partial charge is 0.251 e. The van der Waals surface area contributed by atoms with Crippen LogP contribution in [0.1, 0.15) is 30.7 Å². The van der Waals surface area contributed by atoms with Gasteiger partial charge in [-0.25, -0.2) is 4.98 Å². The molecule has 4 rings (SSSR count). The van der Waals surface area contributed by atoms with Crippen LogP contribution in [0.15, 0.2) is 48.3 Å². The van der Waals surface area contributed by atoms with Gasteiger partial charge >= 0.3 is 0 Å². The number of aromatic amines is 1. The number of hydrogen-bond donors (Lipinski definition) is 2. The number of pyridine rings is 1. The van der Waals surface area contributed by atoms with Gasteiger partial charge in [-0.3, -0.25) is 4.79 Å². The van der Waals surface area contributed by atoms with Crippen LogP contribution in [0, 0.1) is 0 Å². The second-order valence-corrected chi connectivity index (χ2v) is 5.75. The Morgan fingerprint density at radius 2 is 2.24 bits per heavy atom. The Balaban J connectivity index is 1.54. The Kier molecular flexibility index (Phi) is 2.88. The number of rotatable bonds is 3. The molecule has 2 aliphatic rings. The Morgan fingerprint density at radius 3 is 3.00 bits per heavy atom. The van der Waals surface area contributed by atoms with Crippen LogP contribution in [-0.4, -0.2) is 21.9 Å². The molecule has 4 nitrogen and oxygen atoms in total. The van der Waals surface area contributed by atoms with Gasteiger partial charge in [0.2, 0.25) is 0 Å². The number of H-pyrrole nitrogens is 1. The van der Waals surface area contributed by atoms with E-state index < -0.39 is 0 Å². The number of carbonyl (C=O) groups excluding carboxylic acids is 1. The molecule has 1 saturated carbocycles. The quantitative estimate of drug-likeness (QED) is 0.907. The van der Waals surface area contributed by atoms with E-state index in [0.717, 1.165) is 35.9 Å². The molecule has 21 heavy (non-hydrogen) atoms. The van der Waals surface area contributed by atoms with Crippen molar-refractivity contribution in [3.63, 3.8) is 0 Å². The van der Waals surface area contributed by atoms with Crippen molar-refractivity contribution in [1.29, 1.82) is 0 Å². The fourth-order valence-corrected chi connectivity index (χ4v) is 2.82. The Labute approximate surface area is 123 Å². The minimum Gasteiger partial charge on any atom is -0.349 e. The van der Waals surface area contributed by atoms with E-state index >= 15 is 0 Å². The van der Waals surface area contributed by atoms with E-state index in [1.165, 1.54) is 5.56 Å². The first-order valence-corrected chi connectivity index (χ1v) is 7.42. The summed E-state index contributed by atoms with van der Waals surface area (Å²) in [6, 6.07) is 4.53. The zero-order chi connectivity index (χ0) is 14.2. The highest BCUT2D eigenvalue weighted by atomic mass is 16.1. The average Bonchev–Trinajstić information content (AvgIpc) is 3.20. The lowest BCUT2D eigenvalue weighted by Gasteiger charge is -2.17. The zero-order valence-electron chi connectivity index (χ0n) is 11.7. The Bertz CT molecular complexity index is 752. The van der Waals surface area contributed by atoms with Crippen LogP contribution in [0.3, 0.4) is 0 Å². The van der Waals surface area contributed by atoms with Crippen LogP contribution in [0.25, 0.3) is 11.0 Å². The topological polar surface area (TPSA) is 57.8 Å². The van der Waals surface area contributed by atoms with E-state index in [0.29, 0.717) is 12.0 Å². The van der Waals surface area contributed by atoms with E-state index in [9.17, 15) is 4.79 Å². The molecule has 1 atom stereocenters. The highest BCUT2D eigenvalue weighted by molar-refractivity contribution is 5.96. The Hall–Kier alpha value is -2.36. The van der Waals surface area contributed by atoms with Crippen LogP contribution < -0.4 is 5.32 Å². The molecule has 2 aromatic heterocycles. The van der Waals surface area contributed by atoms with Crippen molar-refractivity contribution in [1.82, 2.24) is 15.3 Å². The van der Waals surface area contributed by atoms with Crippen LogP contribution in [0.5, 0.6) is 0 Å². The molecule has 1 fully saturated rings. The van der Waals surface area contributed by atoms with Gasteiger partial charge in [0.25, 0.3) is 5.91 Å². The summed E-state index contributed by atoms with van der Waals surface area (Å²) in [6.45, 7) is 0. The third-order valence-electron chi connectivity index (χ3n) is 4.17. The number of fused-ring (bicyclic) bond motifs is 1. The van der Waals surface area contributed by atoms with Crippen LogP contribution in [0.2, 0.25) is 0 Å². The normalized spacial score (nSPS) is 21.3. The first kappa shape index (κ1) is 12.4. The zero-order valence-corrected chi connectivity index (χ0v) is 11.7. The van der Waals surface area contributed by atoms with Gasteiger partial charge in [-0.2, -0.15) is 0 Å². The van der Waals surface area contributed by atoms with Crippen molar-refractivity contribution >= 4 is 16.9 Å². The first-order chi connectivity index (χ1) is 10.3. The van der Waals surface area contributed by atoms with Gasteiger partial charge in [0, 0.05) is 35.3 Å². The van der Waals surface area contributed by atoms with Gasteiger partial charge in [0.1, 0.15) is 5.65 Å². The highest BCUT2D eigenvalue weighted by Crippen LogP contribution is 2.31. The molecule has 4 heteroatoms. The molecular weight excluding hydrogens is 262 g/mol. The monoisotopic (exact) mass is 279 g/mol. The number of nitrogens with zero attached hydrogens (tertiary/aromatic N) is 1. The number of aromatic nitrogens is 2. The minimum atomic E-state index is 0.0636. The highest BCUT2D eigenvalue weighted by Gasteiger charge is 2.25. The lowest BCUT2D eigenvalue weighted by Crippen LogP contribution is -2.27. The molecule has 0 spiro atoms. The second kappa shape index (κ2) is 4.88. The summed E-state index contributed by atoms with van der Waals surface area (Å²) in [5.41, 5.74) is 2.97. The molecule has 2 aliphatic carbocycles. The number of amides is 1. The number of carbonyl (C=O) groups is 1. The summed E-state index contributed by atoms with van der Waals surface area (Å²) in [7, 11) is 0. The molecule has 2 aromatic rings. The molecule has 0 saturated heterocycles. The summed E-state index contributed by atoms with van der Waals surface area (Å²) in [6.07, 6.45) is 13.0. The van der Waals surface area contributed by atoms with Crippen molar-refractivity contribution < 1.29 is 4.79 Å². The van der Waals surface area contributed by atoms with Gasteiger partial charge in [-0.1, -0.05) is 18.2 Å². The van der Waals surface area contributed by atoms with Crippen molar-refractivity contribution in [2.45, 2.75) is 31.2 Å². The van der Waals surface area contributed by atoms with Gasteiger partial charge in [0.05, 0.1) is 0 Å². The number of allylic oxidation sites excluding steroid dienone is 2. The van der Waals surface area contributed by atoms with Crippen LogP contribution in [0.4, 0.5) is 0 Å². The lowest BCUT2D eigenvalue weighted by molar-refractivity contribution is -0.117. The fourth-order valence-electron chi connectivity index (χ4n) is 2.82. The molecule has 1 amide bonds. The third-order valence-corrected chi connectivity index (χ3v) is 4.17. The Morgan fingerprint density at radius 1 is 1.33 bits per heavy atom. The molecule has 106 valence electrons. The fraction of sp³-hybridized carbons (Fsp3) is 0.294. The van der Waals surface area contributed by atoms with E-state index in [-0.39, 0.29) is 5.91 Å². The maximum absolute atomic E-state index is 12.0. The molecule has 0 aromatic carbocycles. The molecule has 0 radical (unpaired) electrons. The third kappa shape index (κ3) is 2.37. The molecule has 0 aliphatic heterocycles. The van der Waals surface area contributed by atoms with Crippen LogP contribution >= 0.6 is 0 Å². The van der Waals surface area contributed by atoms with E-state index in [1.54, 1.807) is 0 Å². The predicted octanol–water partition coefficient (Wildman–Crippen LogP) is 2.81. The largest absolute Gasteiger partial charge is 0.349 e. The van der Waals surface area contributed by atoms with Gasteiger partial charge in [-0.05, 0) is 37.0 Å². The van der Waals surface area contributed by atoms with E-state index in [4.69, 9.17) is 0 Å². The number of hydrogen-bond acceptors (Lipinski definition) is 2. The van der Waals surface area contributed by atoms with Gasteiger partial charge in [0.15, 0.2) is 0 Å². The molecular formula is C17H17N3O. The minimum absolute atomic E-state index is 0.0636. The summed E-state index contributed by atoms with van der Waals surface area (Å²) in [5, 5.41) is 4.19. The van der Waals surface area contributed by atoms with E-state index in [1.807, 2.05) is 24.5 Å². The lowest BCUT2D eigenvalue weighted by atomic mass is 9.89. The SMILES string of the molecule is O=C(NC1CC1)C1=CCC(c2ccnc3[nH]ccc23)C=C1. The average molecular weight is 279 g/mol. The van der Waals surface area contributed by atoms with Crippen LogP contribution in [-0.2, 0) is 4.79 Å². The van der Waals surface area contributed by atoms with E-state index in [2.05, 4.69) is 33.5 Å². The van der Waals surface area contributed by atoms with Gasteiger partial charge < -0.3 is 10.3 Å². The van der Waals surface area contributed by atoms with Gasteiger partial charge in [-0.15, -0.1) is 0 Å². The molecule has 2 N–H and O–H groups in total. The van der Waals surface area contributed by atoms with Crippen molar-refractivity contribution in [3.05, 3.63) is 53.9 Å². The summed E-state index contributed by atoms with van der Waals surface area (Å²) >= 11 is 0. The molecule has 0 bridgehead atoms. The predicted molar refractivity (Wildman–Crippen MR) is 81.8 cm³/mol. The van der Waals surface area contributed by atoms with Crippen molar-refractivity contribution in [3.8, 4) is 0 Å². The van der Waals surface area contributed by atoms with Crippen molar-refractivity contribution in [2.75, 3.05) is 0 Å². The summed E-state index contributed by atoms with van der Waals surface area (Å²) in [5.74, 6) is 0.373. The van der Waals surface area contributed by atoms with Crippen molar-refractivity contribution in [2.24, 2.45) is 0 Å². The molecule has 2 heterocycles. The standard InChI is InChI=1S/C17H17N3O/c21-17(20-13-5-6-13)12-3-1-11(2-4-12)14-7-9-18-16-15(14)8-10-19-16/h1,3-4,7-11,13H,2,5-6H2,(H,18,19)(H,20,21). The maximum atomic E-state index is 12.0. The first-order valence-electron chi connectivity index (χ1n) is 7.42. The summed E-state index contributed by atoms with van der Waals surface area (Å²) in [4.78, 5) is 19.5. The second-order valence-electron chi connectivity index (χ2n) is 5.75. The maximum Gasteiger partial charge on any atom is 0.251 e. The molecule has 1 unspecified atom stereocenters.